The van der Waals surface area contributed by atoms with Crippen LogP contribution in [0.25, 0.3) is 0 Å². The van der Waals surface area contributed by atoms with Crippen molar-refractivity contribution in [1.82, 2.24) is 0 Å². The molecular weight excluding hydrogens is 247 g/mol. The van der Waals surface area contributed by atoms with E-state index in [9.17, 15) is 4.57 Å². The molecular formula is C11H16ClO3P. The van der Waals surface area contributed by atoms with Crippen molar-refractivity contribution in [3.8, 4) is 0 Å². The van der Waals surface area contributed by atoms with Crippen LogP contribution in [0.4, 0.5) is 0 Å². The lowest BCUT2D eigenvalue weighted by molar-refractivity contribution is 0.230. The maximum Gasteiger partial charge on any atom is 0.361 e. The second kappa shape index (κ2) is 5.83. The fourth-order valence-electron chi connectivity index (χ4n) is 1.39. The third kappa shape index (κ3) is 3.08. The van der Waals surface area contributed by atoms with Crippen LogP contribution in [0, 0.1) is 6.92 Å². The zero-order chi connectivity index (χ0) is 12.2. The summed E-state index contributed by atoms with van der Waals surface area (Å²) in [4.78, 5) is 0. The van der Waals surface area contributed by atoms with Gasteiger partial charge in [-0.3, -0.25) is 4.57 Å². The van der Waals surface area contributed by atoms with Gasteiger partial charge in [-0.05, 0) is 38.5 Å². The maximum atomic E-state index is 12.5. The standard InChI is InChI=1S/C11H16ClO3P/c1-4-14-16(13,15-5-2)11-8-10(12)7-6-9(11)3/h6-8H,4-5H2,1-3H3. The first-order valence-electron chi connectivity index (χ1n) is 5.19. The highest BCUT2D eigenvalue weighted by molar-refractivity contribution is 7.62. The Balaban J connectivity index is 3.20. The van der Waals surface area contributed by atoms with Crippen molar-refractivity contribution < 1.29 is 13.6 Å². The molecule has 5 heteroatoms. The molecule has 3 nitrogen and oxygen atoms in total. The van der Waals surface area contributed by atoms with Crippen LogP contribution in [-0.2, 0) is 13.6 Å². The van der Waals surface area contributed by atoms with E-state index in [-0.39, 0.29) is 0 Å². The molecule has 1 aromatic rings. The molecule has 0 aromatic heterocycles. The average Bonchev–Trinajstić information content (AvgIpc) is 2.22. The number of aryl methyl sites for hydroxylation is 1. The largest absolute Gasteiger partial charge is 0.361 e. The Kier molecular flexibility index (Phi) is 5.00. The molecule has 0 radical (unpaired) electrons. The number of benzene rings is 1. The predicted molar refractivity (Wildman–Crippen MR) is 66.7 cm³/mol. The Morgan fingerprint density at radius 3 is 2.31 bits per heavy atom. The molecule has 90 valence electrons. The first-order chi connectivity index (χ1) is 7.53. The first kappa shape index (κ1) is 13.7. The van der Waals surface area contributed by atoms with Gasteiger partial charge in [-0.1, -0.05) is 17.7 Å². The summed E-state index contributed by atoms with van der Waals surface area (Å²) in [5, 5.41) is 1.07. The van der Waals surface area contributed by atoms with Crippen LogP contribution in [0.2, 0.25) is 5.02 Å². The minimum absolute atomic E-state index is 0.337. The van der Waals surface area contributed by atoms with Crippen LogP contribution in [0.5, 0.6) is 0 Å². The highest BCUT2D eigenvalue weighted by Gasteiger charge is 2.28. The SMILES string of the molecule is CCOP(=O)(OCC)c1cc(Cl)ccc1C. The van der Waals surface area contributed by atoms with Crippen LogP contribution in [0.3, 0.4) is 0 Å². The molecule has 0 fully saturated rings. The number of hydrogen-bond acceptors (Lipinski definition) is 3. The fraction of sp³-hybridized carbons (Fsp3) is 0.455. The van der Waals surface area contributed by atoms with Gasteiger partial charge in [0.25, 0.3) is 0 Å². The molecule has 16 heavy (non-hydrogen) atoms. The summed E-state index contributed by atoms with van der Waals surface area (Å²) in [5.74, 6) is 0. The monoisotopic (exact) mass is 262 g/mol. The van der Waals surface area contributed by atoms with Gasteiger partial charge in [0.05, 0.1) is 18.5 Å². The third-order valence-corrected chi connectivity index (χ3v) is 4.57. The van der Waals surface area contributed by atoms with E-state index in [1.807, 2.05) is 13.0 Å². The molecule has 0 aliphatic heterocycles. The Labute approximate surface area is 101 Å². The highest BCUT2D eigenvalue weighted by atomic mass is 35.5. The molecule has 0 spiro atoms. The molecule has 0 aliphatic carbocycles. The van der Waals surface area contributed by atoms with E-state index in [4.69, 9.17) is 20.6 Å². The second-order valence-electron chi connectivity index (χ2n) is 3.26. The average molecular weight is 263 g/mol. The lowest BCUT2D eigenvalue weighted by Crippen LogP contribution is -2.13. The van der Waals surface area contributed by atoms with Crippen LogP contribution in [0.15, 0.2) is 18.2 Å². The summed E-state index contributed by atoms with van der Waals surface area (Å²) < 4.78 is 23.0. The summed E-state index contributed by atoms with van der Waals surface area (Å²) in [6, 6.07) is 5.20. The van der Waals surface area contributed by atoms with Crippen molar-refractivity contribution in [3.05, 3.63) is 28.8 Å². The normalized spacial score (nSPS) is 11.8. The molecule has 0 bridgehead atoms. The van der Waals surface area contributed by atoms with Gasteiger partial charge in [0.1, 0.15) is 0 Å². The molecule has 1 rings (SSSR count). The van der Waals surface area contributed by atoms with Crippen LogP contribution >= 0.6 is 19.2 Å². The maximum absolute atomic E-state index is 12.5. The number of hydrogen-bond donors (Lipinski definition) is 0. The minimum atomic E-state index is -3.22. The predicted octanol–water partition coefficient (Wildman–Crippen LogP) is 3.54. The van der Waals surface area contributed by atoms with Crippen LogP contribution < -0.4 is 5.30 Å². The summed E-state index contributed by atoms with van der Waals surface area (Å²) in [7, 11) is -3.22. The lowest BCUT2D eigenvalue weighted by Gasteiger charge is -2.19. The fourth-order valence-corrected chi connectivity index (χ4v) is 3.48. The summed E-state index contributed by atoms with van der Waals surface area (Å²) in [5.41, 5.74) is 0.856. The van der Waals surface area contributed by atoms with E-state index < -0.39 is 7.60 Å². The van der Waals surface area contributed by atoms with Crippen molar-refractivity contribution in [2.45, 2.75) is 20.8 Å². The van der Waals surface area contributed by atoms with Gasteiger partial charge in [0.15, 0.2) is 0 Å². The van der Waals surface area contributed by atoms with E-state index in [1.165, 1.54) is 0 Å². The van der Waals surface area contributed by atoms with Crippen molar-refractivity contribution in [3.63, 3.8) is 0 Å². The van der Waals surface area contributed by atoms with Crippen LogP contribution in [-0.4, -0.2) is 13.2 Å². The van der Waals surface area contributed by atoms with E-state index >= 15 is 0 Å². The van der Waals surface area contributed by atoms with Gasteiger partial charge in [-0.2, -0.15) is 0 Å². The summed E-state index contributed by atoms with van der Waals surface area (Å²) in [6.45, 7) is 6.10. The molecule has 1 aromatic carbocycles. The van der Waals surface area contributed by atoms with Gasteiger partial charge in [-0.25, -0.2) is 0 Å². The van der Waals surface area contributed by atoms with E-state index in [2.05, 4.69) is 0 Å². The quantitative estimate of drug-likeness (QED) is 0.762. The van der Waals surface area contributed by atoms with Gasteiger partial charge in [-0.15, -0.1) is 0 Å². The Morgan fingerprint density at radius 2 is 1.81 bits per heavy atom. The Morgan fingerprint density at radius 1 is 1.25 bits per heavy atom. The van der Waals surface area contributed by atoms with E-state index in [0.29, 0.717) is 23.5 Å². The Hall–Kier alpha value is -0.340. The Bertz CT molecular complexity index is 396. The first-order valence-corrected chi connectivity index (χ1v) is 7.11. The third-order valence-electron chi connectivity index (χ3n) is 2.06. The van der Waals surface area contributed by atoms with Gasteiger partial charge in [0.2, 0.25) is 0 Å². The number of rotatable bonds is 5. The molecule has 0 atom stereocenters. The molecule has 0 aliphatic rings. The number of halogens is 1. The smallest absolute Gasteiger partial charge is 0.305 e. The zero-order valence-electron chi connectivity index (χ0n) is 9.70. The van der Waals surface area contributed by atoms with Gasteiger partial charge >= 0.3 is 7.60 Å². The van der Waals surface area contributed by atoms with E-state index in [1.54, 1.807) is 26.0 Å². The second-order valence-corrected chi connectivity index (χ2v) is 5.69. The molecule has 0 saturated carbocycles. The molecule has 0 amide bonds. The van der Waals surface area contributed by atoms with Crippen LogP contribution in [0.1, 0.15) is 19.4 Å². The molecule has 0 saturated heterocycles. The lowest BCUT2D eigenvalue weighted by atomic mass is 10.2. The molecule has 0 N–H and O–H groups in total. The zero-order valence-corrected chi connectivity index (χ0v) is 11.3. The van der Waals surface area contributed by atoms with Crippen molar-refractivity contribution >= 4 is 24.5 Å². The highest BCUT2D eigenvalue weighted by Crippen LogP contribution is 2.47. The van der Waals surface area contributed by atoms with Gasteiger partial charge < -0.3 is 9.05 Å². The van der Waals surface area contributed by atoms with E-state index in [0.717, 1.165) is 5.56 Å². The molecule has 0 unspecified atom stereocenters. The topological polar surface area (TPSA) is 35.5 Å². The van der Waals surface area contributed by atoms with Crippen molar-refractivity contribution in [2.24, 2.45) is 0 Å². The summed E-state index contributed by atoms with van der Waals surface area (Å²) >= 11 is 5.89. The van der Waals surface area contributed by atoms with Crippen molar-refractivity contribution in [1.29, 1.82) is 0 Å². The van der Waals surface area contributed by atoms with Gasteiger partial charge in [0, 0.05) is 5.02 Å². The summed E-state index contributed by atoms with van der Waals surface area (Å²) in [6.07, 6.45) is 0. The minimum Gasteiger partial charge on any atom is -0.305 e. The molecule has 0 heterocycles. The van der Waals surface area contributed by atoms with Crippen molar-refractivity contribution in [2.75, 3.05) is 13.2 Å².